The van der Waals surface area contributed by atoms with Crippen LogP contribution in [0.15, 0.2) is 34.9 Å². The zero-order valence-corrected chi connectivity index (χ0v) is 12.4. The van der Waals surface area contributed by atoms with Crippen LogP contribution in [-0.2, 0) is 11.3 Å². The van der Waals surface area contributed by atoms with Crippen molar-refractivity contribution in [2.45, 2.75) is 25.4 Å². The van der Waals surface area contributed by atoms with Crippen molar-refractivity contribution in [1.29, 1.82) is 0 Å². The first-order valence-corrected chi connectivity index (χ1v) is 7.23. The van der Waals surface area contributed by atoms with E-state index in [1.807, 2.05) is 29.2 Å². The van der Waals surface area contributed by atoms with Crippen LogP contribution in [0.3, 0.4) is 0 Å². The molecule has 1 fully saturated rings. The van der Waals surface area contributed by atoms with Crippen molar-refractivity contribution in [3.63, 3.8) is 0 Å². The molecule has 3 rings (SSSR count). The summed E-state index contributed by atoms with van der Waals surface area (Å²) in [6.07, 6.45) is 3.19. The van der Waals surface area contributed by atoms with Crippen molar-refractivity contribution >= 4 is 5.97 Å². The van der Waals surface area contributed by atoms with E-state index in [0.29, 0.717) is 18.9 Å². The Balaban J connectivity index is 1.72. The van der Waals surface area contributed by atoms with Gasteiger partial charge in [0.05, 0.1) is 12.8 Å². The Morgan fingerprint density at radius 2 is 2.23 bits per heavy atom. The molecule has 2 heterocycles. The molecule has 0 radical (unpaired) electrons. The van der Waals surface area contributed by atoms with Crippen molar-refractivity contribution in [3.05, 3.63) is 36.2 Å². The van der Waals surface area contributed by atoms with Crippen LogP contribution in [-0.4, -0.2) is 40.7 Å². The van der Waals surface area contributed by atoms with E-state index in [1.165, 1.54) is 0 Å². The number of carbonyl (C=O) groups is 1. The molecular weight excluding hydrogens is 284 g/mol. The lowest BCUT2D eigenvalue weighted by molar-refractivity contribution is -0.142. The number of aliphatic carboxylic acids is 1. The average molecular weight is 302 g/mol. The standard InChI is InChI=1S/C16H18N2O4/c1-21-13-6-4-11(5-7-13)15-17-12(10-22-15)9-18-8-2-3-14(18)16(19)20/h4-7,10,14H,2-3,8-9H2,1H3,(H,19,20). The summed E-state index contributed by atoms with van der Waals surface area (Å²) in [5, 5.41) is 9.20. The van der Waals surface area contributed by atoms with Gasteiger partial charge in [0.25, 0.3) is 0 Å². The van der Waals surface area contributed by atoms with Gasteiger partial charge in [-0.15, -0.1) is 0 Å². The van der Waals surface area contributed by atoms with Crippen molar-refractivity contribution in [3.8, 4) is 17.2 Å². The Hall–Kier alpha value is -2.34. The van der Waals surface area contributed by atoms with Crippen molar-refractivity contribution < 1.29 is 19.1 Å². The van der Waals surface area contributed by atoms with Gasteiger partial charge in [0.2, 0.25) is 5.89 Å². The summed E-state index contributed by atoms with van der Waals surface area (Å²) in [6.45, 7) is 1.28. The summed E-state index contributed by atoms with van der Waals surface area (Å²) >= 11 is 0. The quantitative estimate of drug-likeness (QED) is 0.914. The Bertz CT molecular complexity index is 650. The molecule has 6 heteroatoms. The second-order valence-corrected chi connectivity index (χ2v) is 5.34. The number of likely N-dealkylation sites (tertiary alicyclic amines) is 1. The largest absolute Gasteiger partial charge is 0.497 e. The molecule has 0 aliphatic carbocycles. The number of methoxy groups -OCH3 is 1. The molecule has 1 atom stereocenters. The van der Waals surface area contributed by atoms with Gasteiger partial charge in [0.1, 0.15) is 18.1 Å². The van der Waals surface area contributed by atoms with Crippen LogP contribution in [0.4, 0.5) is 0 Å². The van der Waals surface area contributed by atoms with Gasteiger partial charge in [-0.2, -0.15) is 0 Å². The molecule has 1 N–H and O–H groups in total. The number of aromatic nitrogens is 1. The van der Waals surface area contributed by atoms with Crippen molar-refractivity contribution in [1.82, 2.24) is 9.88 Å². The van der Waals surface area contributed by atoms with Gasteiger partial charge in [-0.1, -0.05) is 0 Å². The molecule has 2 aromatic rings. The minimum atomic E-state index is -0.767. The Morgan fingerprint density at radius 3 is 2.91 bits per heavy atom. The molecule has 1 aliphatic rings. The molecule has 1 aromatic carbocycles. The van der Waals surface area contributed by atoms with E-state index >= 15 is 0 Å². The first-order valence-electron chi connectivity index (χ1n) is 7.23. The Kier molecular flexibility index (Phi) is 4.11. The number of rotatable bonds is 5. The minimum absolute atomic E-state index is 0.416. The number of benzene rings is 1. The summed E-state index contributed by atoms with van der Waals surface area (Å²) in [6, 6.07) is 7.04. The van der Waals surface area contributed by atoms with Gasteiger partial charge in [-0.25, -0.2) is 4.98 Å². The molecular formula is C16H18N2O4. The Labute approximate surface area is 128 Å². The lowest BCUT2D eigenvalue weighted by Crippen LogP contribution is -2.35. The van der Waals surface area contributed by atoms with E-state index in [9.17, 15) is 9.90 Å². The maximum Gasteiger partial charge on any atom is 0.320 e. The van der Waals surface area contributed by atoms with Crippen LogP contribution in [0.5, 0.6) is 5.75 Å². The maximum absolute atomic E-state index is 11.2. The molecule has 0 saturated carbocycles. The number of carboxylic acids is 1. The van der Waals surface area contributed by atoms with Crippen molar-refractivity contribution in [2.24, 2.45) is 0 Å². The van der Waals surface area contributed by atoms with Crippen LogP contribution in [0.1, 0.15) is 18.5 Å². The molecule has 1 unspecified atom stereocenters. The molecule has 22 heavy (non-hydrogen) atoms. The van der Waals surface area contributed by atoms with Gasteiger partial charge in [0.15, 0.2) is 0 Å². The first-order chi connectivity index (χ1) is 10.7. The highest BCUT2D eigenvalue weighted by Crippen LogP contribution is 2.24. The highest BCUT2D eigenvalue weighted by molar-refractivity contribution is 5.73. The normalized spacial score (nSPS) is 18.5. The fraction of sp³-hybridized carbons (Fsp3) is 0.375. The molecule has 1 aromatic heterocycles. The molecule has 0 spiro atoms. The fourth-order valence-electron chi connectivity index (χ4n) is 2.75. The number of hydrogen-bond acceptors (Lipinski definition) is 5. The summed E-state index contributed by atoms with van der Waals surface area (Å²) in [5.74, 6) is 0.539. The van der Waals surface area contributed by atoms with Crippen LogP contribution < -0.4 is 4.74 Å². The van der Waals surface area contributed by atoms with Gasteiger partial charge >= 0.3 is 5.97 Å². The van der Waals surface area contributed by atoms with Gasteiger partial charge in [-0.3, -0.25) is 9.69 Å². The maximum atomic E-state index is 11.2. The molecule has 0 bridgehead atoms. The van der Waals surface area contributed by atoms with E-state index < -0.39 is 12.0 Å². The third kappa shape index (κ3) is 2.96. The highest BCUT2D eigenvalue weighted by Gasteiger charge is 2.30. The lowest BCUT2D eigenvalue weighted by Gasteiger charge is -2.19. The fourth-order valence-corrected chi connectivity index (χ4v) is 2.75. The lowest BCUT2D eigenvalue weighted by atomic mass is 10.2. The van der Waals surface area contributed by atoms with Crippen molar-refractivity contribution in [2.75, 3.05) is 13.7 Å². The third-order valence-corrected chi connectivity index (χ3v) is 3.90. The van der Waals surface area contributed by atoms with Gasteiger partial charge < -0.3 is 14.3 Å². The zero-order valence-electron chi connectivity index (χ0n) is 12.4. The van der Waals surface area contributed by atoms with Gasteiger partial charge in [-0.05, 0) is 43.7 Å². The molecule has 6 nitrogen and oxygen atoms in total. The number of oxazole rings is 1. The number of nitrogens with zero attached hydrogens (tertiary/aromatic N) is 2. The summed E-state index contributed by atoms with van der Waals surface area (Å²) in [7, 11) is 1.62. The van der Waals surface area contributed by atoms with E-state index in [2.05, 4.69) is 4.98 Å². The second kappa shape index (κ2) is 6.19. The minimum Gasteiger partial charge on any atom is -0.497 e. The van der Waals surface area contributed by atoms with Crippen LogP contribution in [0.25, 0.3) is 11.5 Å². The molecule has 1 aliphatic heterocycles. The molecule has 0 amide bonds. The topological polar surface area (TPSA) is 75.8 Å². The summed E-state index contributed by atoms with van der Waals surface area (Å²) in [4.78, 5) is 17.6. The SMILES string of the molecule is COc1ccc(-c2nc(CN3CCCC3C(=O)O)co2)cc1. The predicted molar refractivity (Wildman–Crippen MR) is 79.6 cm³/mol. The summed E-state index contributed by atoms with van der Waals surface area (Å²) in [5.41, 5.74) is 1.61. The van der Waals surface area contributed by atoms with Gasteiger partial charge in [0, 0.05) is 12.1 Å². The smallest absolute Gasteiger partial charge is 0.320 e. The number of ether oxygens (including phenoxy) is 1. The van der Waals surface area contributed by atoms with Crippen LogP contribution in [0.2, 0.25) is 0 Å². The number of carboxylic acid groups (broad SMARTS) is 1. The summed E-state index contributed by atoms with van der Waals surface area (Å²) < 4.78 is 10.6. The first kappa shape index (κ1) is 14.6. The van der Waals surface area contributed by atoms with E-state index in [4.69, 9.17) is 9.15 Å². The van der Waals surface area contributed by atoms with E-state index in [0.717, 1.165) is 30.0 Å². The predicted octanol–water partition coefficient (Wildman–Crippen LogP) is 2.40. The zero-order chi connectivity index (χ0) is 15.5. The van der Waals surface area contributed by atoms with E-state index in [1.54, 1.807) is 13.4 Å². The third-order valence-electron chi connectivity index (χ3n) is 3.90. The average Bonchev–Trinajstić information content (AvgIpc) is 3.17. The Morgan fingerprint density at radius 1 is 1.45 bits per heavy atom. The van der Waals surface area contributed by atoms with Crippen LogP contribution >= 0.6 is 0 Å². The molecule has 1 saturated heterocycles. The second-order valence-electron chi connectivity index (χ2n) is 5.34. The number of hydrogen-bond donors (Lipinski definition) is 1. The van der Waals surface area contributed by atoms with Crippen LogP contribution in [0, 0.1) is 0 Å². The van der Waals surface area contributed by atoms with E-state index in [-0.39, 0.29) is 0 Å². The molecule has 116 valence electrons. The highest BCUT2D eigenvalue weighted by atomic mass is 16.5. The monoisotopic (exact) mass is 302 g/mol.